The predicted molar refractivity (Wildman–Crippen MR) is 479 cm³/mol. The van der Waals surface area contributed by atoms with Crippen molar-refractivity contribution in [3.05, 3.63) is 138 Å². The maximum absolute atomic E-state index is 5.20. The van der Waals surface area contributed by atoms with E-state index in [4.69, 9.17) is 9.47 Å². The summed E-state index contributed by atoms with van der Waals surface area (Å²) in [5, 5.41) is 0. The number of thiophene rings is 9. The molecule has 0 bridgehead atoms. The minimum Gasteiger partial charge on any atom is -0.379 e. The van der Waals surface area contributed by atoms with E-state index in [1.165, 1.54) is 295 Å². The standard InChI is InChI=1S/3C14H12S3.4C8H17N.2C7H15NO/c3*1-9-3-5-11(15-9)13-7-8-14(17-13)12-6-4-10(2)16-12;4*1-2-6-9-7-4-3-5-8-9;2*1-2-3-8-4-6-9-7-5-8/h3*3-8H,1-2H3;4*2-8H2,1H3;2*2-7H2,1H3. The Morgan fingerprint density at radius 1 is 0.200 bits per heavy atom. The molecule has 0 N–H and O–H groups in total. The average molecular weight is 1600 g/mol. The molecule has 0 aromatic carbocycles. The molecule has 6 aliphatic rings. The topological polar surface area (TPSA) is 37.9 Å². The third-order valence-corrected chi connectivity index (χ3v) is 29.4. The van der Waals surface area contributed by atoms with Gasteiger partial charge in [-0.2, -0.15) is 0 Å². The van der Waals surface area contributed by atoms with Gasteiger partial charge in [0.15, 0.2) is 0 Å². The summed E-state index contributed by atoms with van der Waals surface area (Å²) in [7, 11) is 0. The van der Waals surface area contributed by atoms with Crippen LogP contribution in [-0.4, -0.2) is 174 Å². The van der Waals surface area contributed by atoms with Gasteiger partial charge < -0.3 is 29.1 Å². The Balaban J connectivity index is 0.000000168. The van der Waals surface area contributed by atoms with Crippen molar-refractivity contribution in [2.45, 2.75) is 199 Å². The Morgan fingerprint density at radius 2 is 0.343 bits per heavy atom. The van der Waals surface area contributed by atoms with Crippen molar-refractivity contribution < 1.29 is 9.47 Å². The average Bonchev–Trinajstić information content (AvgIpc) is 1.70. The van der Waals surface area contributed by atoms with Gasteiger partial charge in [-0.15, -0.1) is 102 Å². The lowest BCUT2D eigenvalue weighted by atomic mass is 10.1. The Labute approximate surface area is 674 Å². The molecule has 8 nitrogen and oxygen atoms in total. The molecular formula is C88H134N6O2S9. The third kappa shape index (κ3) is 35.1. The van der Waals surface area contributed by atoms with Gasteiger partial charge in [0.05, 0.1) is 26.4 Å². The molecule has 17 heteroatoms. The SMILES string of the molecule is CCCN1CCCCC1.CCCN1CCCCC1.CCCN1CCCCC1.CCCN1CCCCC1.CCCN1CCOCC1.CCCN1CCOCC1.Cc1ccc(-c2ccc(-c3ccc(C)s3)s2)s1.Cc1ccc(-c2ccc(-c3ccc(C)s3)s2)s1.Cc1ccc(-c2ccc(-c3ccc(C)s3)s2)s1. The smallest absolute Gasteiger partial charge is 0.0594 e. The highest BCUT2D eigenvalue weighted by atomic mass is 32.1. The van der Waals surface area contributed by atoms with Crippen LogP contribution in [0, 0.1) is 41.5 Å². The zero-order chi connectivity index (χ0) is 74.6. The van der Waals surface area contributed by atoms with Gasteiger partial charge in [0.2, 0.25) is 0 Å². The molecule has 582 valence electrons. The molecule has 0 unspecified atom stereocenters. The number of rotatable bonds is 18. The fraction of sp³-hybridized carbons (Fsp3) is 0.591. The third-order valence-electron chi connectivity index (χ3n) is 19.0. The number of aryl methyl sites for hydroxylation is 6. The number of ether oxygens (including phenoxy) is 2. The molecule has 9 aromatic heterocycles. The number of morpholine rings is 2. The molecule has 6 fully saturated rings. The highest BCUT2D eigenvalue weighted by molar-refractivity contribution is 7.28. The van der Waals surface area contributed by atoms with E-state index < -0.39 is 0 Å². The van der Waals surface area contributed by atoms with E-state index in [0.717, 1.165) is 52.6 Å². The second-order valence-corrected chi connectivity index (χ2v) is 39.4. The molecule has 0 spiro atoms. The van der Waals surface area contributed by atoms with Gasteiger partial charge in [0, 0.05) is 114 Å². The van der Waals surface area contributed by atoms with Crippen LogP contribution in [0.1, 0.15) is 186 Å². The quantitative estimate of drug-likeness (QED) is 0.0841. The number of piperidine rings is 4. The lowest BCUT2D eigenvalue weighted by Gasteiger charge is -2.25. The van der Waals surface area contributed by atoms with Crippen LogP contribution in [0.3, 0.4) is 0 Å². The van der Waals surface area contributed by atoms with E-state index in [2.05, 4.69) is 222 Å². The van der Waals surface area contributed by atoms with E-state index in [-0.39, 0.29) is 0 Å². The van der Waals surface area contributed by atoms with E-state index in [9.17, 15) is 0 Å². The van der Waals surface area contributed by atoms with E-state index in [1.54, 1.807) is 0 Å². The molecule has 0 amide bonds. The van der Waals surface area contributed by atoms with Crippen LogP contribution in [0.2, 0.25) is 0 Å². The number of hydrogen-bond donors (Lipinski definition) is 0. The first-order valence-electron chi connectivity index (χ1n) is 40.5. The second kappa shape index (κ2) is 53.0. The number of hydrogen-bond acceptors (Lipinski definition) is 17. The summed E-state index contributed by atoms with van der Waals surface area (Å²) in [6, 6.07) is 39.9. The van der Waals surface area contributed by atoms with Gasteiger partial charge in [-0.05, 0) is 332 Å². The van der Waals surface area contributed by atoms with Crippen LogP contribution in [0.5, 0.6) is 0 Å². The Hall–Kier alpha value is -3.02. The molecule has 105 heavy (non-hydrogen) atoms. The first kappa shape index (κ1) is 89.2. The van der Waals surface area contributed by atoms with E-state index >= 15 is 0 Å². The van der Waals surface area contributed by atoms with Crippen molar-refractivity contribution in [2.75, 3.05) is 144 Å². The van der Waals surface area contributed by atoms with Gasteiger partial charge in [-0.1, -0.05) is 67.2 Å². The molecule has 0 aliphatic carbocycles. The largest absolute Gasteiger partial charge is 0.379 e. The van der Waals surface area contributed by atoms with Crippen molar-refractivity contribution in [2.24, 2.45) is 0 Å². The zero-order valence-corrected chi connectivity index (χ0v) is 74.2. The molecule has 9 aromatic rings. The minimum atomic E-state index is 0.931. The first-order valence-corrected chi connectivity index (χ1v) is 47.8. The van der Waals surface area contributed by atoms with Crippen LogP contribution >= 0.6 is 102 Å². The highest BCUT2D eigenvalue weighted by Gasteiger charge is 2.15. The summed E-state index contributed by atoms with van der Waals surface area (Å²) in [5.41, 5.74) is 0. The van der Waals surface area contributed by atoms with Crippen LogP contribution in [0.25, 0.3) is 58.5 Å². The van der Waals surface area contributed by atoms with Crippen LogP contribution in [0.15, 0.2) is 109 Å². The Kier molecular flexibility index (Phi) is 45.0. The number of likely N-dealkylation sites (tertiary alicyclic amines) is 4. The van der Waals surface area contributed by atoms with Crippen molar-refractivity contribution >= 4 is 102 Å². The normalized spacial score (nSPS) is 16.8. The Bertz CT molecular complexity index is 2970. The zero-order valence-electron chi connectivity index (χ0n) is 66.9. The van der Waals surface area contributed by atoms with Gasteiger partial charge in [-0.25, -0.2) is 0 Å². The summed E-state index contributed by atoms with van der Waals surface area (Å²) < 4.78 is 10.4. The maximum Gasteiger partial charge on any atom is 0.0594 e. The van der Waals surface area contributed by atoms with Crippen LogP contribution in [-0.2, 0) is 9.47 Å². The molecule has 6 saturated heterocycles. The lowest BCUT2D eigenvalue weighted by molar-refractivity contribution is 0.0379. The highest BCUT2D eigenvalue weighted by Crippen LogP contribution is 2.42. The lowest BCUT2D eigenvalue weighted by Crippen LogP contribution is -2.36. The Morgan fingerprint density at radius 3 is 0.486 bits per heavy atom. The van der Waals surface area contributed by atoms with Crippen molar-refractivity contribution in [3.8, 4) is 58.5 Å². The first-order chi connectivity index (χ1) is 51.3. The minimum absolute atomic E-state index is 0.931. The summed E-state index contributed by atoms with van der Waals surface area (Å²) in [4.78, 5) is 40.0. The molecule has 15 rings (SSSR count). The van der Waals surface area contributed by atoms with Crippen molar-refractivity contribution in [1.29, 1.82) is 0 Å². The summed E-state index contributed by atoms with van der Waals surface area (Å²) >= 11 is 16.9. The van der Waals surface area contributed by atoms with E-state index in [1.807, 2.05) is 102 Å². The monoisotopic (exact) mass is 1590 g/mol. The van der Waals surface area contributed by atoms with E-state index in [0.29, 0.717) is 0 Å². The summed E-state index contributed by atoms with van der Waals surface area (Å²) in [5.74, 6) is 0. The van der Waals surface area contributed by atoms with Crippen LogP contribution < -0.4 is 0 Å². The van der Waals surface area contributed by atoms with Crippen LogP contribution in [0.4, 0.5) is 0 Å². The molecule has 15 heterocycles. The molecule has 6 aliphatic heterocycles. The van der Waals surface area contributed by atoms with Gasteiger partial charge >= 0.3 is 0 Å². The molecular weight excluding hydrogens is 1460 g/mol. The van der Waals surface area contributed by atoms with Crippen molar-refractivity contribution in [3.63, 3.8) is 0 Å². The maximum atomic E-state index is 5.20. The summed E-state index contributed by atoms with van der Waals surface area (Å²) in [6.45, 7) is 53.3. The predicted octanol–water partition coefficient (Wildman–Crippen LogP) is 26.5. The summed E-state index contributed by atoms with van der Waals surface area (Å²) in [6.07, 6.45) is 25.1. The van der Waals surface area contributed by atoms with Gasteiger partial charge in [0.1, 0.15) is 0 Å². The van der Waals surface area contributed by atoms with Gasteiger partial charge in [0.25, 0.3) is 0 Å². The van der Waals surface area contributed by atoms with Crippen molar-refractivity contribution in [1.82, 2.24) is 29.4 Å². The van der Waals surface area contributed by atoms with Gasteiger partial charge in [-0.3, -0.25) is 9.80 Å². The fourth-order valence-electron chi connectivity index (χ4n) is 13.5. The molecule has 0 saturated carbocycles. The molecule has 0 atom stereocenters. The fourth-order valence-corrected chi connectivity index (χ4v) is 22.3. The molecule has 0 radical (unpaired) electrons. The number of nitrogens with zero attached hydrogens (tertiary/aromatic N) is 6. The second-order valence-electron chi connectivity index (χ2n) is 28.5.